The maximum atomic E-state index is 14.5. The quantitative estimate of drug-likeness (QED) is 0.498. The molecule has 0 aromatic heterocycles. The van der Waals surface area contributed by atoms with Crippen LogP contribution < -0.4 is 10.2 Å². The Morgan fingerprint density at radius 2 is 1.53 bits per heavy atom. The van der Waals surface area contributed by atoms with Gasteiger partial charge in [-0.25, -0.2) is 13.7 Å². The van der Waals surface area contributed by atoms with Crippen LogP contribution in [-0.2, 0) is 9.59 Å². The average molecular weight is 453 g/mol. The minimum atomic E-state index is -1.01. The Balaban J connectivity index is 1.87. The van der Waals surface area contributed by atoms with Crippen LogP contribution in [0.3, 0.4) is 0 Å². The lowest BCUT2D eigenvalue weighted by atomic mass is 9.99. The smallest absolute Gasteiger partial charge is 0.282 e. The predicted molar refractivity (Wildman–Crippen MR) is 121 cm³/mol. The minimum absolute atomic E-state index is 0.0121. The first-order valence-electron chi connectivity index (χ1n) is 9.86. The normalized spacial score (nSPS) is 13.9. The number of anilines is 2. The Hall–Kier alpha value is -3.51. The monoisotopic (exact) mass is 452 g/mol. The largest absolute Gasteiger partial charge is 0.350 e. The molecule has 0 spiro atoms. The zero-order valence-electron chi connectivity index (χ0n) is 17.6. The molecule has 0 unspecified atom stereocenters. The molecular weight excluding hydrogens is 434 g/mol. The predicted octanol–water partition coefficient (Wildman–Crippen LogP) is 5.94. The van der Waals surface area contributed by atoms with Crippen molar-refractivity contribution in [2.45, 2.75) is 20.8 Å². The van der Waals surface area contributed by atoms with Crippen molar-refractivity contribution in [2.75, 3.05) is 10.2 Å². The number of benzene rings is 3. The number of nitrogens with one attached hydrogen (secondary N) is 1. The maximum Gasteiger partial charge on any atom is 0.282 e. The first kappa shape index (κ1) is 21.7. The molecule has 0 atom stereocenters. The lowest BCUT2D eigenvalue weighted by molar-refractivity contribution is -0.120. The van der Waals surface area contributed by atoms with Crippen molar-refractivity contribution < 1.29 is 18.4 Å². The Morgan fingerprint density at radius 1 is 0.812 bits per heavy atom. The molecule has 3 aromatic rings. The van der Waals surface area contributed by atoms with Gasteiger partial charge in [0.25, 0.3) is 11.8 Å². The van der Waals surface area contributed by atoms with Crippen molar-refractivity contribution in [2.24, 2.45) is 0 Å². The summed E-state index contributed by atoms with van der Waals surface area (Å²) >= 11 is 6.21. The highest BCUT2D eigenvalue weighted by Crippen LogP contribution is 2.36. The number of imide groups is 1. The zero-order chi connectivity index (χ0) is 23.2. The van der Waals surface area contributed by atoms with Crippen LogP contribution in [0.4, 0.5) is 20.2 Å². The summed E-state index contributed by atoms with van der Waals surface area (Å²) in [6, 6.07) is 13.2. The Labute approximate surface area is 189 Å². The van der Waals surface area contributed by atoms with E-state index in [-0.39, 0.29) is 17.0 Å². The Kier molecular flexibility index (Phi) is 5.57. The van der Waals surface area contributed by atoms with Crippen molar-refractivity contribution in [3.05, 3.63) is 99.2 Å². The molecule has 1 aliphatic heterocycles. The summed E-state index contributed by atoms with van der Waals surface area (Å²) in [4.78, 5) is 27.4. The van der Waals surface area contributed by atoms with Crippen molar-refractivity contribution >= 4 is 40.4 Å². The summed E-state index contributed by atoms with van der Waals surface area (Å²) in [5.41, 5.74) is 3.58. The second kappa shape index (κ2) is 8.20. The second-order valence-electron chi connectivity index (χ2n) is 7.68. The number of halogens is 3. The molecule has 0 aliphatic carbocycles. The van der Waals surface area contributed by atoms with E-state index in [1.54, 1.807) is 30.3 Å². The highest BCUT2D eigenvalue weighted by atomic mass is 35.5. The van der Waals surface area contributed by atoms with Crippen LogP contribution in [0, 0.1) is 32.4 Å². The molecule has 0 saturated carbocycles. The third kappa shape index (κ3) is 3.78. The van der Waals surface area contributed by atoms with Gasteiger partial charge in [-0.15, -0.1) is 0 Å². The molecule has 0 radical (unpaired) electrons. The fourth-order valence-electron chi connectivity index (χ4n) is 3.51. The summed E-state index contributed by atoms with van der Waals surface area (Å²) in [6.45, 7) is 5.67. The molecule has 7 heteroatoms. The number of carbonyl (C=O) groups is 2. The van der Waals surface area contributed by atoms with Gasteiger partial charge in [-0.05, 0) is 67.3 Å². The number of carbonyl (C=O) groups excluding carboxylic acids is 2. The van der Waals surface area contributed by atoms with Crippen molar-refractivity contribution in [3.63, 3.8) is 0 Å². The van der Waals surface area contributed by atoms with Gasteiger partial charge in [0, 0.05) is 16.8 Å². The van der Waals surface area contributed by atoms with E-state index in [4.69, 9.17) is 11.6 Å². The molecule has 162 valence electrons. The third-order valence-corrected chi connectivity index (χ3v) is 5.88. The van der Waals surface area contributed by atoms with Crippen LogP contribution in [0.15, 0.2) is 60.3 Å². The van der Waals surface area contributed by atoms with Gasteiger partial charge in [0.15, 0.2) is 0 Å². The van der Waals surface area contributed by atoms with E-state index < -0.39 is 23.4 Å². The van der Waals surface area contributed by atoms with Crippen LogP contribution >= 0.6 is 11.6 Å². The number of hydrogen-bond acceptors (Lipinski definition) is 3. The van der Waals surface area contributed by atoms with E-state index in [0.29, 0.717) is 22.3 Å². The summed E-state index contributed by atoms with van der Waals surface area (Å²) in [7, 11) is 0. The molecule has 1 aliphatic rings. The molecule has 0 bridgehead atoms. The van der Waals surface area contributed by atoms with Crippen molar-refractivity contribution in [1.82, 2.24) is 0 Å². The minimum Gasteiger partial charge on any atom is -0.350 e. The summed E-state index contributed by atoms with van der Waals surface area (Å²) in [5.74, 6) is -3.26. The van der Waals surface area contributed by atoms with Gasteiger partial charge in [0.1, 0.15) is 17.3 Å². The molecule has 4 rings (SSSR count). The van der Waals surface area contributed by atoms with Crippen LogP contribution in [0.1, 0.15) is 22.3 Å². The number of aryl methyl sites for hydroxylation is 3. The summed E-state index contributed by atoms with van der Waals surface area (Å²) in [6.07, 6.45) is 0. The number of amides is 2. The van der Waals surface area contributed by atoms with Gasteiger partial charge < -0.3 is 5.32 Å². The standard InChI is InChI=1S/C25H19ClF2N2O2/c1-13-4-6-16(10-15(13)3)22-23(29-18-8-5-14(2)19(26)12-18)25(32)30(24(22)31)21-9-7-17(27)11-20(21)28/h4-12,29H,1-3H3. The molecule has 2 amide bonds. The highest BCUT2D eigenvalue weighted by Gasteiger charge is 2.41. The van der Waals surface area contributed by atoms with Gasteiger partial charge in [0.2, 0.25) is 0 Å². The molecule has 32 heavy (non-hydrogen) atoms. The van der Waals surface area contributed by atoms with Crippen molar-refractivity contribution in [1.29, 1.82) is 0 Å². The summed E-state index contributed by atoms with van der Waals surface area (Å²) < 4.78 is 27.9. The maximum absolute atomic E-state index is 14.5. The highest BCUT2D eigenvalue weighted by molar-refractivity contribution is 6.46. The van der Waals surface area contributed by atoms with Gasteiger partial charge in [-0.1, -0.05) is 35.9 Å². The molecule has 4 nitrogen and oxygen atoms in total. The fourth-order valence-corrected chi connectivity index (χ4v) is 3.69. The van der Waals surface area contributed by atoms with E-state index in [0.717, 1.165) is 33.7 Å². The first-order valence-corrected chi connectivity index (χ1v) is 10.2. The van der Waals surface area contributed by atoms with Crippen LogP contribution in [0.2, 0.25) is 5.02 Å². The van der Waals surface area contributed by atoms with E-state index in [1.165, 1.54) is 0 Å². The topological polar surface area (TPSA) is 49.4 Å². The molecule has 3 aromatic carbocycles. The number of rotatable bonds is 4. The van der Waals surface area contributed by atoms with Gasteiger partial charge in [0.05, 0.1) is 11.3 Å². The van der Waals surface area contributed by atoms with E-state index in [2.05, 4.69) is 5.32 Å². The van der Waals surface area contributed by atoms with Gasteiger partial charge >= 0.3 is 0 Å². The van der Waals surface area contributed by atoms with Gasteiger partial charge in [-0.3, -0.25) is 9.59 Å². The SMILES string of the molecule is Cc1ccc(C2=C(Nc3ccc(C)c(Cl)c3)C(=O)N(c3ccc(F)cc3F)C2=O)cc1C. The van der Waals surface area contributed by atoms with E-state index >= 15 is 0 Å². The Morgan fingerprint density at radius 3 is 2.19 bits per heavy atom. The zero-order valence-corrected chi connectivity index (χ0v) is 18.3. The molecule has 0 fully saturated rings. The number of nitrogens with zero attached hydrogens (tertiary/aromatic N) is 1. The molecule has 1 N–H and O–H groups in total. The fraction of sp³-hybridized carbons (Fsp3) is 0.120. The first-order chi connectivity index (χ1) is 15.2. The van der Waals surface area contributed by atoms with Crippen LogP contribution in [-0.4, -0.2) is 11.8 Å². The van der Waals surface area contributed by atoms with Crippen LogP contribution in [0.25, 0.3) is 5.57 Å². The summed E-state index contributed by atoms with van der Waals surface area (Å²) in [5, 5.41) is 3.48. The molecule has 1 heterocycles. The van der Waals surface area contributed by atoms with Gasteiger partial charge in [-0.2, -0.15) is 0 Å². The van der Waals surface area contributed by atoms with E-state index in [1.807, 2.05) is 26.8 Å². The second-order valence-corrected chi connectivity index (χ2v) is 8.09. The third-order valence-electron chi connectivity index (χ3n) is 5.47. The number of hydrogen-bond donors (Lipinski definition) is 1. The molecular formula is C25H19ClF2N2O2. The lowest BCUT2D eigenvalue weighted by Crippen LogP contribution is -2.33. The Bertz CT molecular complexity index is 1320. The average Bonchev–Trinajstić information content (AvgIpc) is 2.97. The van der Waals surface area contributed by atoms with E-state index in [9.17, 15) is 18.4 Å². The lowest BCUT2D eigenvalue weighted by Gasteiger charge is -2.16. The van der Waals surface area contributed by atoms with Crippen molar-refractivity contribution in [3.8, 4) is 0 Å². The molecule has 0 saturated heterocycles. The van der Waals surface area contributed by atoms with Crippen LogP contribution in [0.5, 0.6) is 0 Å².